The lowest BCUT2D eigenvalue weighted by Gasteiger charge is -2.16. The van der Waals surface area contributed by atoms with Gasteiger partial charge in [-0.2, -0.15) is 11.8 Å². The molecule has 714 valence electrons. The molecule has 0 aliphatic heterocycles. The van der Waals surface area contributed by atoms with E-state index in [1.54, 1.807) is 54.5 Å². The topological polar surface area (TPSA) is 122 Å². The Hall–Kier alpha value is -0.200. The molecule has 0 saturated heterocycles. The molecule has 2 atom stereocenters. The van der Waals surface area contributed by atoms with E-state index in [1.807, 2.05) is 157 Å². The van der Waals surface area contributed by atoms with Crippen LogP contribution in [0.15, 0.2) is 60.5 Å². The van der Waals surface area contributed by atoms with Gasteiger partial charge in [-0.15, -0.1) is 18.3 Å². The number of carbonyl (C=O) groups is 3. The van der Waals surface area contributed by atoms with Crippen molar-refractivity contribution >= 4 is 128 Å². The van der Waals surface area contributed by atoms with Crippen LogP contribution >= 0.6 is 110 Å². The van der Waals surface area contributed by atoms with Gasteiger partial charge in [-0.05, 0) is 123 Å². The number of allylic oxidation sites excluding steroid dienone is 1. The molecule has 0 aromatic heterocycles. The Morgan fingerprint density at radius 2 is 0.786 bits per heavy atom. The largest absolute Gasteiger partial charge is 0.466 e. The first-order valence-corrected chi connectivity index (χ1v) is 55.5. The maximum atomic E-state index is 11.8. The third-order valence-corrected chi connectivity index (χ3v) is 26.9. The van der Waals surface area contributed by atoms with Gasteiger partial charge in [-0.1, -0.05) is 420 Å². The van der Waals surface area contributed by atoms with Crippen LogP contribution in [0.25, 0.3) is 0 Å². The third-order valence-electron chi connectivity index (χ3n) is 12.1. The quantitative estimate of drug-likeness (QED) is 0.00950. The summed E-state index contributed by atoms with van der Waals surface area (Å²) in [6.07, 6.45) is 8.72. The highest BCUT2D eigenvalue weighted by Crippen LogP contribution is 2.36. The Morgan fingerprint density at radius 3 is 0.966 bits per heavy atom. The number of thioether (sulfide) groups is 2. The van der Waals surface area contributed by atoms with Crippen LogP contribution in [0.5, 0.6) is 0 Å². The van der Waals surface area contributed by atoms with E-state index in [-0.39, 0.29) is 46.5 Å². The van der Waals surface area contributed by atoms with Gasteiger partial charge in [0.05, 0.1) is 37.1 Å². The first-order chi connectivity index (χ1) is 53.4. The molecule has 0 amide bonds. The number of carbonyl (C=O) groups excluding carboxylic acids is 3. The summed E-state index contributed by atoms with van der Waals surface area (Å²) in [4.78, 5) is 42.2. The average Bonchev–Trinajstić information content (AvgIpc) is 0.959. The summed E-state index contributed by atoms with van der Waals surface area (Å²) in [5.74, 6) is 13.9. The fourth-order valence-corrected chi connectivity index (χ4v) is 14.4. The maximum absolute atomic E-state index is 11.8. The van der Waals surface area contributed by atoms with Crippen molar-refractivity contribution in [2.45, 2.75) is 383 Å². The zero-order valence-electron chi connectivity index (χ0n) is 85.5. The van der Waals surface area contributed by atoms with Gasteiger partial charge in [0.15, 0.2) is 0 Å². The number of ether oxygens (including phenoxy) is 3. The van der Waals surface area contributed by atoms with Crippen molar-refractivity contribution in [3.8, 4) is 0 Å². The monoisotopic (exact) mass is 1860 g/mol. The van der Waals surface area contributed by atoms with E-state index in [2.05, 4.69) is 274 Å². The second-order valence-electron chi connectivity index (χ2n) is 34.6. The number of rotatable bonds is 34. The Morgan fingerprint density at radius 1 is 0.470 bits per heavy atom. The summed E-state index contributed by atoms with van der Waals surface area (Å²) < 4.78 is 50.0. The molecule has 22 heteroatoms. The molecule has 0 N–H and O–H groups in total. The van der Waals surface area contributed by atoms with Gasteiger partial charge in [0.1, 0.15) is 6.61 Å². The third kappa shape index (κ3) is 209. The van der Waals surface area contributed by atoms with Gasteiger partial charge in [-0.3, -0.25) is 24.5 Å². The zero-order chi connectivity index (χ0) is 96.2. The van der Waals surface area contributed by atoms with Crippen molar-refractivity contribution in [3.63, 3.8) is 0 Å². The zero-order valence-corrected chi connectivity index (χ0v) is 93.7. The predicted molar refractivity (Wildman–Crippen MR) is 558 cm³/mol. The van der Waals surface area contributed by atoms with E-state index in [0.717, 1.165) is 83.0 Å². The molecule has 0 bridgehead atoms. The predicted octanol–water partition coefficient (Wildman–Crippen LogP) is 35.9. The smallest absolute Gasteiger partial charge is 0.308 e. The lowest BCUT2D eigenvalue weighted by atomic mass is 10.1. The van der Waals surface area contributed by atoms with E-state index in [0.29, 0.717) is 24.6 Å². The molecule has 9 nitrogen and oxygen atoms in total. The van der Waals surface area contributed by atoms with Crippen molar-refractivity contribution in [2.24, 2.45) is 88.8 Å². The number of nitro groups is 1. The lowest BCUT2D eigenvalue weighted by molar-refractivity contribution is -0.513. The van der Waals surface area contributed by atoms with Crippen molar-refractivity contribution in [2.75, 3.05) is 66.3 Å². The normalized spacial score (nSPS) is 10.9. The van der Waals surface area contributed by atoms with Crippen molar-refractivity contribution in [1.29, 1.82) is 0 Å². The molecule has 2 unspecified atom stereocenters. The summed E-state index contributed by atoms with van der Waals surface area (Å²) in [5, 5.41) is 11.1. The van der Waals surface area contributed by atoms with Crippen LogP contribution in [0.1, 0.15) is 345 Å². The molecule has 0 spiro atoms. The molecule has 0 saturated carbocycles. The second-order valence-corrected chi connectivity index (χ2v) is 48.9. The molecule has 0 aliphatic rings. The highest BCUT2D eigenvalue weighted by atomic mass is 33.1. The first-order valence-electron chi connectivity index (χ1n) is 43.5. The number of halogens is 3. The van der Waals surface area contributed by atoms with Gasteiger partial charge in [0.2, 0.25) is 12.0 Å². The molecule has 1 rings (SSSR count). The average molecular weight is 1860 g/mol. The van der Waals surface area contributed by atoms with Gasteiger partial charge < -0.3 is 14.2 Å². The Balaban J connectivity index is -0.0000000734. The van der Waals surface area contributed by atoms with Crippen LogP contribution in [-0.2, 0) is 28.6 Å². The Labute approximate surface area is 771 Å². The fraction of sp³-hybridized carbons (Fsp3) is 0.863. The maximum Gasteiger partial charge on any atom is 0.308 e. The standard InChI is InChI=1S/C10H14S.C8H18S2.C7H12O2.C7H16S2.C7H16S.2C6H12O2.C6H14S2.C6H12.C5H10F2.C5H11F.C5H12S2.2C5H12.C4H10.C3H7NO2/c1-9(2)8-11-10-6-4-3-5-7-10;1-7(2)6-9-10-8(3,4)5;1-4-5-9-7(8)6(2)3;1-6(2)5-8-9-7(3)4;1-5-8-7(4)6(2)3;2*1-4-8-6(7)5(2)3;1-4-7-8-5-6(2)3;1-4-5-6(2)3;1-4(2)5(3,6)7;1-4(2)5(3)6;1-5(2)4-7-6-3;2*1-4-5(2)3;1-4(2)3;1-3(2)4(5)6/h3-7,9H,8H2,1-2H3;7H,6H2,1-5H3;4,6H,1,5H2,2-3H3;6-7H,5H2,1-4H3;6-7H,5H2,1-4H3;2*5H,4H2,1-3H3;6H,4-5H2,1-3H3;4,6H,1,5H2,2-3H3;4H,1-3H3;4-5H,1-3H3;5H,4H2,1-3H3;2*5H,4H2,1-3H3;4H,1-3H3;3H,1-2H3. The molecule has 117 heavy (non-hydrogen) atoms. The highest BCUT2D eigenvalue weighted by Gasteiger charge is 2.25. The Bertz CT molecular complexity index is 2030. The van der Waals surface area contributed by atoms with E-state index >= 15 is 0 Å². The van der Waals surface area contributed by atoms with Crippen LogP contribution in [-0.4, -0.2) is 123 Å². The van der Waals surface area contributed by atoms with Gasteiger partial charge in [0, 0.05) is 79.3 Å². The summed E-state index contributed by atoms with van der Waals surface area (Å²) in [7, 11) is 15.6. The van der Waals surface area contributed by atoms with Crippen LogP contribution in [0, 0.1) is 98.9 Å². The van der Waals surface area contributed by atoms with E-state index < -0.39 is 24.1 Å². The van der Waals surface area contributed by atoms with E-state index in [1.165, 1.54) is 71.9 Å². The van der Waals surface area contributed by atoms with Crippen LogP contribution in [0.4, 0.5) is 13.2 Å². The lowest BCUT2D eigenvalue weighted by Crippen LogP contribution is -2.17. The number of hydrogen-bond donors (Lipinski definition) is 0. The van der Waals surface area contributed by atoms with Crippen molar-refractivity contribution < 1.29 is 46.7 Å². The van der Waals surface area contributed by atoms with Crippen LogP contribution < -0.4 is 0 Å². The minimum absolute atomic E-state index is 0.00921. The number of alkyl halides is 3. The van der Waals surface area contributed by atoms with E-state index in [9.17, 15) is 37.7 Å². The molecule has 0 heterocycles. The van der Waals surface area contributed by atoms with Crippen LogP contribution in [0.3, 0.4) is 0 Å². The Kier molecular flexibility index (Phi) is 145. The summed E-state index contributed by atoms with van der Waals surface area (Å²) >= 11 is 3.97. The summed E-state index contributed by atoms with van der Waals surface area (Å²) in [6.45, 7) is 104. The number of benzene rings is 1. The highest BCUT2D eigenvalue weighted by molar-refractivity contribution is 8.77. The minimum atomic E-state index is -2.50. The number of esters is 3. The van der Waals surface area contributed by atoms with Crippen LogP contribution in [0.2, 0.25) is 0 Å². The van der Waals surface area contributed by atoms with Gasteiger partial charge in [0.25, 0.3) is 0 Å². The van der Waals surface area contributed by atoms with Crippen molar-refractivity contribution in [1.82, 2.24) is 0 Å². The molecule has 1 aromatic rings. The molecular weight excluding hydrogens is 1660 g/mol. The summed E-state index contributed by atoms with van der Waals surface area (Å²) in [6, 6.07) is 10.1. The molecular formula is C95H200F3NO8S10. The second kappa shape index (κ2) is 112. The minimum Gasteiger partial charge on any atom is -0.466 e. The van der Waals surface area contributed by atoms with E-state index in [4.69, 9.17) is 4.74 Å². The first kappa shape index (κ1) is 151. The molecule has 0 fully saturated rings. The SMILES string of the molecule is C=CCC(C)C.C=CCOC(=O)C(C)C.CC(C)C.CC(C)C(C)(F)F.CC(C)C(C)F.CC(C)CSSC(C)(C)C.CC(C)CSSC(C)C.CC(C)CSc1ccccc1.CC(C)[N+](=O)[O-].CCC(C)C.CCC(C)C.CCOC(=O)C(C)C.CCOC(=O)C(C)C.CCSC(C)C(C)C.CCSSCC(C)C.CSSCC(C)C. The fourth-order valence-electron chi connectivity index (χ4n) is 3.62. The molecule has 0 aliphatic carbocycles. The molecule has 0 radical (unpaired) electrons. The van der Waals surface area contributed by atoms with Crippen molar-refractivity contribution in [3.05, 3.63) is 65.8 Å². The number of nitrogens with zero attached hydrogens (tertiary/aromatic N) is 1. The summed E-state index contributed by atoms with van der Waals surface area (Å²) in [5.41, 5.74) is 0. The molecule has 1 aromatic carbocycles. The van der Waals surface area contributed by atoms with Gasteiger partial charge in [-0.25, -0.2) is 13.2 Å². The number of hydrogen-bond acceptors (Lipinski definition) is 18. The van der Waals surface area contributed by atoms with Gasteiger partial charge >= 0.3 is 17.9 Å².